The van der Waals surface area contributed by atoms with Gasteiger partial charge in [0.1, 0.15) is 5.82 Å². The van der Waals surface area contributed by atoms with Crippen LogP contribution in [0.15, 0.2) is 48.5 Å². The highest BCUT2D eigenvalue weighted by Gasteiger charge is 2.25. The van der Waals surface area contributed by atoms with E-state index in [2.05, 4.69) is 36.1 Å². The Hall–Kier alpha value is -3.45. The van der Waals surface area contributed by atoms with E-state index < -0.39 is 0 Å². The number of aromatic nitrogens is 1. The van der Waals surface area contributed by atoms with E-state index in [1.165, 1.54) is 0 Å². The second-order valence-electron chi connectivity index (χ2n) is 10.8. The van der Waals surface area contributed by atoms with Crippen molar-refractivity contribution in [3.63, 3.8) is 0 Å². The molecular formula is C31H38N4O3. The van der Waals surface area contributed by atoms with Gasteiger partial charge in [-0.05, 0) is 69.4 Å². The van der Waals surface area contributed by atoms with Crippen LogP contribution in [0.1, 0.15) is 59.2 Å². The average molecular weight is 515 g/mol. The number of anilines is 1. The van der Waals surface area contributed by atoms with Crippen LogP contribution in [0.4, 0.5) is 5.82 Å². The molecule has 2 aliphatic rings. The molecule has 1 unspecified atom stereocenters. The second kappa shape index (κ2) is 11.5. The summed E-state index contributed by atoms with van der Waals surface area (Å²) in [6, 6.07) is 16.1. The summed E-state index contributed by atoms with van der Waals surface area (Å²) < 4.78 is 0. The Bertz CT molecular complexity index is 1310. The number of aliphatic hydroxyl groups excluding tert-OH is 1. The van der Waals surface area contributed by atoms with Crippen LogP contribution in [0.5, 0.6) is 0 Å². The van der Waals surface area contributed by atoms with Gasteiger partial charge in [0.05, 0.1) is 11.6 Å². The molecule has 2 fully saturated rings. The lowest BCUT2D eigenvalue weighted by molar-refractivity contribution is -0.127. The minimum atomic E-state index is -0.380. The molecule has 3 aromatic rings. The van der Waals surface area contributed by atoms with Crippen molar-refractivity contribution in [3.05, 3.63) is 70.8 Å². The summed E-state index contributed by atoms with van der Waals surface area (Å²) in [4.78, 5) is 36.9. The van der Waals surface area contributed by atoms with Crippen molar-refractivity contribution in [2.75, 3.05) is 37.6 Å². The van der Waals surface area contributed by atoms with Crippen molar-refractivity contribution < 1.29 is 14.7 Å². The zero-order valence-electron chi connectivity index (χ0n) is 22.5. The van der Waals surface area contributed by atoms with E-state index in [1.54, 1.807) is 0 Å². The van der Waals surface area contributed by atoms with Crippen LogP contribution in [-0.2, 0) is 11.3 Å². The Morgan fingerprint density at radius 2 is 1.84 bits per heavy atom. The van der Waals surface area contributed by atoms with Gasteiger partial charge in [0.25, 0.3) is 5.91 Å². The summed E-state index contributed by atoms with van der Waals surface area (Å²) in [7, 11) is 0. The number of β-amino-alcohol motifs (C(OH)–C–C–N with tert-alkyl or cyclic N) is 1. The van der Waals surface area contributed by atoms with Crippen molar-refractivity contribution in [2.24, 2.45) is 0 Å². The second-order valence-corrected chi connectivity index (χ2v) is 10.8. The number of aryl methyl sites for hydroxylation is 2. The lowest BCUT2D eigenvalue weighted by atomic mass is 10.0. The lowest BCUT2D eigenvalue weighted by Crippen LogP contribution is -2.40. The largest absolute Gasteiger partial charge is 0.391 e. The zero-order valence-corrected chi connectivity index (χ0v) is 22.5. The summed E-state index contributed by atoms with van der Waals surface area (Å²) in [5.74, 6) is 1.03. The Labute approximate surface area is 225 Å². The third-order valence-corrected chi connectivity index (χ3v) is 7.70. The SMILES string of the molecule is Cc1ccc(C(=O)N(CCCN2CCCC2=O)Cc2cc3ccc(C)cc3nc2N2CCCC(O)C2)cc1. The minimum Gasteiger partial charge on any atom is -0.391 e. The van der Waals surface area contributed by atoms with Gasteiger partial charge in [0.15, 0.2) is 0 Å². The Morgan fingerprint density at radius 3 is 2.58 bits per heavy atom. The number of aliphatic hydroxyl groups is 1. The molecule has 7 nitrogen and oxygen atoms in total. The summed E-state index contributed by atoms with van der Waals surface area (Å²) >= 11 is 0. The fourth-order valence-electron chi connectivity index (χ4n) is 5.58. The number of hydrogen-bond acceptors (Lipinski definition) is 5. The predicted molar refractivity (Wildman–Crippen MR) is 150 cm³/mol. The monoisotopic (exact) mass is 514 g/mol. The van der Waals surface area contributed by atoms with E-state index in [-0.39, 0.29) is 17.9 Å². The lowest BCUT2D eigenvalue weighted by Gasteiger charge is -2.34. The third-order valence-electron chi connectivity index (χ3n) is 7.70. The number of amides is 2. The first-order valence-electron chi connectivity index (χ1n) is 13.8. The molecule has 1 aromatic heterocycles. The van der Waals surface area contributed by atoms with E-state index in [0.29, 0.717) is 38.2 Å². The fraction of sp³-hybridized carbons (Fsp3) is 0.452. The van der Waals surface area contributed by atoms with Crippen molar-refractivity contribution in [1.82, 2.24) is 14.8 Å². The number of rotatable bonds is 8. The van der Waals surface area contributed by atoms with Crippen LogP contribution in [0, 0.1) is 13.8 Å². The summed E-state index contributed by atoms with van der Waals surface area (Å²) in [6.45, 7) is 7.88. The van der Waals surface area contributed by atoms with Crippen LogP contribution in [-0.4, -0.2) is 70.5 Å². The Morgan fingerprint density at radius 1 is 1.05 bits per heavy atom. The summed E-state index contributed by atoms with van der Waals surface area (Å²) in [5, 5.41) is 11.4. The smallest absolute Gasteiger partial charge is 0.254 e. The van der Waals surface area contributed by atoms with Gasteiger partial charge in [0, 0.05) is 62.2 Å². The van der Waals surface area contributed by atoms with Crippen LogP contribution in [0.2, 0.25) is 0 Å². The fourth-order valence-corrected chi connectivity index (χ4v) is 5.58. The molecule has 2 aliphatic heterocycles. The standard InChI is InChI=1S/C31H38N4O3/c1-22-8-11-24(12-9-22)31(38)35(17-5-16-33-14-4-7-29(33)37)20-26-19-25-13-10-23(2)18-28(25)32-30(26)34-15-3-6-27(36)21-34/h8-13,18-19,27,36H,3-7,14-17,20-21H2,1-2H3. The van der Waals surface area contributed by atoms with Gasteiger partial charge in [-0.3, -0.25) is 9.59 Å². The van der Waals surface area contributed by atoms with Gasteiger partial charge in [-0.15, -0.1) is 0 Å². The molecule has 0 saturated carbocycles. The molecule has 1 N–H and O–H groups in total. The van der Waals surface area contributed by atoms with Crippen LogP contribution in [0.3, 0.4) is 0 Å². The van der Waals surface area contributed by atoms with E-state index in [4.69, 9.17) is 4.98 Å². The molecule has 2 amide bonds. The van der Waals surface area contributed by atoms with E-state index in [9.17, 15) is 14.7 Å². The molecule has 0 bridgehead atoms. The number of carbonyl (C=O) groups is 2. The molecule has 2 aromatic carbocycles. The third kappa shape index (κ3) is 5.99. The molecule has 1 atom stereocenters. The van der Waals surface area contributed by atoms with Gasteiger partial charge >= 0.3 is 0 Å². The number of fused-ring (bicyclic) bond motifs is 1. The summed E-state index contributed by atoms with van der Waals surface area (Å²) in [5.41, 5.74) is 4.82. The number of likely N-dealkylation sites (tertiary alicyclic amines) is 1. The average Bonchev–Trinajstić information content (AvgIpc) is 3.32. The van der Waals surface area contributed by atoms with Crippen LogP contribution >= 0.6 is 0 Å². The molecule has 0 aliphatic carbocycles. The number of benzene rings is 2. The highest BCUT2D eigenvalue weighted by Crippen LogP contribution is 2.29. The number of carbonyl (C=O) groups excluding carboxylic acids is 2. The maximum absolute atomic E-state index is 13.8. The summed E-state index contributed by atoms with van der Waals surface area (Å²) in [6.07, 6.45) is 3.59. The molecule has 38 heavy (non-hydrogen) atoms. The first kappa shape index (κ1) is 26.2. The normalized spacial score (nSPS) is 17.9. The van der Waals surface area contributed by atoms with Gasteiger partial charge in [-0.1, -0.05) is 29.8 Å². The maximum Gasteiger partial charge on any atom is 0.254 e. The predicted octanol–water partition coefficient (Wildman–Crippen LogP) is 4.47. The molecule has 0 spiro atoms. The molecule has 200 valence electrons. The van der Waals surface area contributed by atoms with Crippen molar-refractivity contribution >= 4 is 28.5 Å². The molecule has 3 heterocycles. The van der Waals surface area contributed by atoms with Gasteiger partial charge < -0.3 is 19.8 Å². The molecule has 7 heteroatoms. The first-order chi connectivity index (χ1) is 18.4. The highest BCUT2D eigenvalue weighted by molar-refractivity contribution is 5.94. The van der Waals surface area contributed by atoms with Crippen molar-refractivity contribution in [2.45, 2.75) is 58.6 Å². The quantitative estimate of drug-likeness (QED) is 0.480. The topological polar surface area (TPSA) is 77.0 Å². The molecule has 5 rings (SSSR count). The highest BCUT2D eigenvalue weighted by atomic mass is 16.3. The van der Waals surface area contributed by atoms with E-state index in [1.807, 2.05) is 41.0 Å². The van der Waals surface area contributed by atoms with Crippen molar-refractivity contribution in [1.29, 1.82) is 0 Å². The van der Waals surface area contributed by atoms with Gasteiger partial charge in [-0.2, -0.15) is 0 Å². The number of pyridine rings is 1. The number of piperidine rings is 1. The maximum atomic E-state index is 13.8. The van der Waals surface area contributed by atoms with Gasteiger partial charge in [0.2, 0.25) is 5.91 Å². The van der Waals surface area contributed by atoms with E-state index >= 15 is 0 Å². The number of nitrogens with zero attached hydrogens (tertiary/aromatic N) is 4. The van der Waals surface area contributed by atoms with Crippen LogP contribution in [0.25, 0.3) is 10.9 Å². The molecular weight excluding hydrogens is 476 g/mol. The Kier molecular flexibility index (Phi) is 7.93. The van der Waals surface area contributed by atoms with Gasteiger partial charge in [-0.25, -0.2) is 4.98 Å². The minimum absolute atomic E-state index is 0.0219. The van der Waals surface area contributed by atoms with Crippen LogP contribution < -0.4 is 4.90 Å². The zero-order chi connectivity index (χ0) is 26.6. The van der Waals surface area contributed by atoms with E-state index in [0.717, 1.165) is 72.2 Å². The first-order valence-corrected chi connectivity index (χ1v) is 13.8. The molecule has 2 saturated heterocycles. The number of hydrogen-bond donors (Lipinski definition) is 1. The Balaban J connectivity index is 1.46. The van der Waals surface area contributed by atoms with Crippen molar-refractivity contribution in [3.8, 4) is 0 Å². The molecule has 0 radical (unpaired) electrons.